The molecule has 1 aromatic rings. The predicted octanol–water partition coefficient (Wildman–Crippen LogP) is 4.49. The van der Waals surface area contributed by atoms with Gasteiger partial charge >= 0.3 is 0 Å². The van der Waals surface area contributed by atoms with E-state index in [4.69, 9.17) is 0 Å². The minimum atomic E-state index is 0.883. The molecule has 72 valence electrons. The van der Waals surface area contributed by atoms with Crippen molar-refractivity contribution in [3.63, 3.8) is 0 Å². The van der Waals surface area contributed by atoms with Crippen LogP contribution in [0.15, 0.2) is 11.4 Å². The lowest BCUT2D eigenvalue weighted by atomic mass is 9.92. The van der Waals surface area contributed by atoms with E-state index in [-0.39, 0.29) is 0 Å². The van der Waals surface area contributed by atoms with Gasteiger partial charge in [0.05, 0.1) is 0 Å². The van der Waals surface area contributed by atoms with Gasteiger partial charge in [0.2, 0.25) is 0 Å². The zero-order valence-corrected chi connectivity index (χ0v) is 9.20. The molecule has 1 aliphatic rings. The summed E-state index contributed by atoms with van der Waals surface area (Å²) < 4.78 is 0. The highest BCUT2D eigenvalue weighted by atomic mass is 32.1. The first-order valence-corrected chi connectivity index (χ1v) is 6.30. The molecule has 0 aliphatic heterocycles. The largest absolute Gasteiger partial charge is 0.149 e. The van der Waals surface area contributed by atoms with Crippen LogP contribution in [0.5, 0.6) is 0 Å². The molecule has 0 unspecified atom stereocenters. The van der Waals surface area contributed by atoms with Crippen molar-refractivity contribution in [2.75, 3.05) is 0 Å². The maximum Gasteiger partial charge on any atom is 0.00490 e. The van der Waals surface area contributed by atoms with Crippen LogP contribution in [0, 0.1) is 6.92 Å². The summed E-state index contributed by atoms with van der Waals surface area (Å²) in [7, 11) is 0. The van der Waals surface area contributed by atoms with E-state index in [1.54, 1.807) is 10.4 Å². The van der Waals surface area contributed by atoms with Crippen molar-refractivity contribution in [1.29, 1.82) is 0 Å². The minimum absolute atomic E-state index is 0.883. The summed E-state index contributed by atoms with van der Waals surface area (Å²) in [5, 5.41) is 2.25. The van der Waals surface area contributed by atoms with Crippen LogP contribution in [0.25, 0.3) is 0 Å². The maximum absolute atomic E-state index is 2.34. The molecule has 2 rings (SSSR count). The zero-order valence-electron chi connectivity index (χ0n) is 8.38. The predicted molar refractivity (Wildman–Crippen MR) is 59.5 cm³/mol. The second-order valence-corrected chi connectivity index (χ2v) is 5.24. The van der Waals surface area contributed by atoms with Crippen molar-refractivity contribution in [1.82, 2.24) is 0 Å². The highest BCUT2D eigenvalue weighted by Crippen LogP contribution is 2.34. The average Bonchev–Trinajstić information content (AvgIpc) is 2.43. The molecule has 0 saturated heterocycles. The van der Waals surface area contributed by atoms with E-state index in [2.05, 4.69) is 18.4 Å². The van der Waals surface area contributed by atoms with E-state index in [1.807, 2.05) is 11.3 Å². The standard InChI is InChI=1S/C12H18S/c1-10-12(8-9-13-10)11-6-4-2-3-5-7-11/h8-9,11H,2-7H2,1H3. The van der Waals surface area contributed by atoms with E-state index < -0.39 is 0 Å². The third-order valence-electron chi connectivity index (χ3n) is 3.19. The summed E-state index contributed by atoms with van der Waals surface area (Å²) in [5.41, 5.74) is 1.65. The fraction of sp³-hybridized carbons (Fsp3) is 0.667. The normalized spacial score (nSPS) is 20.1. The second-order valence-electron chi connectivity index (χ2n) is 4.12. The summed E-state index contributed by atoms with van der Waals surface area (Å²) in [4.78, 5) is 1.55. The van der Waals surface area contributed by atoms with Crippen LogP contribution in [0.2, 0.25) is 0 Å². The quantitative estimate of drug-likeness (QED) is 0.578. The van der Waals surface area contributed by atoms with Crippen molar-refractivity contribution in [2.45, 2.75) is 51.4 Å². The van der Waals surface area contributed by atoms with E-state index in [0.717, 1.165) is 5.92 Å². The number of hydrogen-bond acceptors (Lipinski definition) is 1. The molecule has 1 aromatic heterocycles. The molecule has 13 heavy (non-hydrogen) atoms. The van der Waals surface area contributed by atoms with Gasteiger partial charge in [0.15, 0.2) is 0 Å². The summed E-state index contributed by atoms with van der Waals surface area (Å²) in [6, 6.07) is 2.34. The Kier molecular flexibility index (Phi) is 3.05. The fourth-order valence-electron chi connectivity index (χ4n) is 2.41. The zero-order chi connectivity index (χ0) is 9.10. The Morgan fingerprint density at radius 3 is 2.38 bits per heavy atom. The molecule has 1 heteroatoms. The maximum atomic E-state index is 2.34. The van der Waals surface area contributed by atoms with Crippen LogP contribution < -0.4 is 0 Å². The van der Waals surface area contributed by atoms with E-state index in [0.29, 0.717) is 0 Å². The number of hydrogen-bond donors (Lipinski definition) is 0. The third-order valence-corrected chi connectivity index (χ3v) is 4.06. The van der Waals surface area contributed by atoms with E-state index in [9.17, 15) is 0 Å². The SMILES string of the molecule is Cc1sccc1C1CCCCCC1. The number of thiophene rings is 1. The van der Waals surface area contributed by atoms with Gasteiger partial charge in [-0.25, -0.2) is 0 Å². The van der Waals surface area contributed by atoms with Crippen LogP contribution in [-0.4, -0.2) is 0 Å². The molecule has 0 nitrogen and oxygen atoms in total. The van der Waals surface area contributed by atoms with Gasteiger partial charge in [-0.15, -0.1) is 11.3 Å². The Balaban J connectivity index is 2.10. The molecule has 1 heterocycles. The van der Waals surface area contributed by atoms with Gasteiger partial charge in [-0.05, 0) is 42.7 Å². The summed E-state index contributed by atoms with van der Waals surface area (Å²) in [6.45, 7) is 2.27. The molecule has 0 aromatic carbocycles. The monoisotopic (exact) mass is 194 g/mol. The Bertz CT molecular complexity index is 254. The minimum Gasteiger partial charge on any atom is -0.149 e. The Hall–Kier alpha value is -0.300. The summed E-state index contributed by atoms with van der Waals surface area (Å²) in [6.07, 6.45) is 8.66. The smallest absolute Gasteiger partial charge is 0.00490 e. The lowest BCUT2D eigenvalue weighted by Gasteiger charge is -2.13. The van der Waals surface area contributed by atoms with Gasteiger partial charge in [0.25, 0.3) is 0 Å². The number of aryl methyl sites for hydroxylation is 1. The first-order valence-electron chi connectivity index (χ1n) is 5.42. The lowest BCUT2D eigenvalue weighted by molar-refractivity contribution is 0.592. The summed E-state index contributed by atoms with van der Waals surface area (Å²) in [5.74, 6) is 0.883. The van der Waals surface area contributed by atoms with Crippen molar-refractivity contribution in [2.24, 2.45) is 0 Å². The molecule has 0 radical (unpaired) electrons. The van der Waals surface area contributed by atoms with Crippen LogP contribution in [0.3, 0.4) is 0 Å². The lowest BCUT2D eigenvalue weighted by Crippen LogP contribution is -1.96. The van der Waals surface area contributed by atoms with Crippen molar-refractivity contribution < 1.29 is 0 Å². The van der Waals surface area contributed by atoms with Gasteiger partial charge in [-0.2, -0.15) is 0 Å². The highest BCUT2D eigenvalue weighted by molar-refractivity contribution is 7.10. The Labute approximate surface area is 85.0 Å². The van der Waals surface area contributed by atoms with E-state index >= 15 is 0 Å². The fourth-order valence-corrected chi connectivity index (χ4v) is 3.20. The van der Waals surface area contributed by atoms with Crippen molar-refractivity contribution >= 4 is 11.3 Å². The first-order chi connectivity index (χ1) is 6.38. The van der Waals surface area contributed by atoms with Crippen LogP contribution in [0.4, 0.5) is 0 Å². The molecule has 0 amide bonds. The summed E-state index contributed by atoms with van der Waals surface area (Å²) >= 11 is 1.90. The van der Waals surface area contributed by atoms with Gasteiger partial charge in [-0.3, -0.25) is 0 Å². The van der Waals surface area contributed by atoms with Crippen molar-refractivity contribution in [3.8, 4) is 0 Å². The van der Waals surface area contributed by atoms with Crippen LogP contribution in [0.1, 0.15) is 54.9 Å². The molecular weight excluding hydrogens is 176 g/mol. The molecule has 0 bridgehead atoms. The van der Waals surface area contributed by atoms with Crippen molar-refractivity contribution in [3.05, 3.63) is 21.9 Å². The van der Waals surface area contributed by atoms with E-state index in [1.165, 1.54) is 38.5 Å². The average molecular weight is 194 g/mol. The second kappa shape index (κ2) is 4.28. The third kappa shape index (κ3) is 2.14. The highest BCUT2D eigenvalue weighted by Gasteiger charge is 2.16. The molecule has 1 aliphatic carbocycles. The molecule has 0 N–H and O–H groups in total. The van der Waals surface area contributed by atoms with Crippen LogP contribution >= 0.6 is 11.3 Å². The Morgan fingerprint density at radius 2 is 1.85 bits per heavy atom. The Morgan fingerprint density at radius 1 is 1.15 bits per heavy atom. The van der Waals surface area contributed by atoms with Gasteiger partial charge in [0, 0.05) is 4.88 Å². The molecule has 1 fully saturated rings. The van der Waals surface area contributed by atoms with Gasteiger partial charge in [0.1, 0.15) is 0 Å². The topological polar surface area (TPSA) is 0 Å². The van der Waals surface area contributed by atoms with Crippen LogP contribution in [-0.2, 0) is 0 Å². The first kappa shape index (κ1) is 9.26. The van der Waals surface area contributed by atoms with Gasteiger partial charge in [-0.1, -0.05) is 25.7 Å². The molecule has 0 atom stereocenters. The van der Waals surface area contributed by atoms with Gasteiger partial charge < -0.3 is 0 Å². The molecule has 1 saturated carbocycles. The molecular formula is C12H18S. The number of rotatable bonds is 1. The molecule has 0 spiro atoms.